The van der Waals surface area contributed by atoms with E-state index in [0.29, 0.717) is 12.5 Å². The van der Waals surface area contributed by atoms with E-state index in [-0.39, 0.29) is 17.5 Å². The highest BCUT2D eigenvalue weighted by Gasteiger charge is 2.37. The quantitative estimate of drug-likeness (QED) is 0.418. The third-order valence-electron chi connectivity index (χ3n) is 5.72. The minimum Gasteiger partial charge on any atom is -0.493 e. The summed E-state index contributed by atoms with van der Waals surface area (Å²) in [5.41, 5.74) is 2.12. The minimum atomic E-state index is -0.476. The molecule has 0 amide bonds. The molecule has 0 N–H and O–H groups in total. The Kier molecular flexibility index (Phi) is 6.99. The van der Waals surface area contributed by atoms with Gasteiger partial charge in [0.05, 0.1) is 12.0 Å². The second kappa shape index (κ2) is 8.67. The smallest absolute Gasteiger partial charge is 0.311 e. The van der Waals surface area contributed by atoms with Gasteiger partial charge in [0, 0.05) is 0 Å². The van der Waals surface area contributed by atoms with E-state index in [2.05, 4.69) is 52.8 Å². The van der Waals surface area contributed by atoms with Crippen LogP contribution < -0.4 is 4.74 Å². The third-order valence-corrected chi connectivity index (χ3v) is 5.72. The molecule has 2 atom stereocenters. The molecule has 0 radical (unpaired) electrons. The lowest BCUT2D eigenvalue weighted by molar-refractivity contribution is -0.164. The van der Waals surface area contributed by atoms with E-state index in [0.717, 1.165) is 37.0 Å². The van der Waals surface area contributed by atoms with Crippen molar-refractivity contribution in [2.24, 2.45) is 16.7 Å². The Hall–Kier alpha value is -1.51. The monoisotopic (exact) mass is 374 g/mol. The number of esters is 1. The summed E-state index contributed by atoms with van der Waals surface area (Å²) in [6, 6.07) is 6.24. The van der Waals surface area contributed by atoms with Gasteiger partial charge in [-0.15, -0.1) is 0 Å². The predicted molar refractivity (Wildman–Crippen MR) is 111 cm³/mol. The van der Waals surface area contributed by atoms with Crippen molar-refractivity contribution in [3.05, 3.63) is 29.3 Å². The SMILES string of the molecule is Cc1ccc(C)c(OCCCC(C)(C)C(=O)O[C@H]2C[C@H](C)CC(C)(C)C2)c1. The highest BCUT2D eigenvalue weighted by atomic mass is 16.5. The summed E-state index contributed by atoms with van der Waals surface area (Å²) in [5.74, 6) is 1.48. The van der Waals surface area contributed by atoms with Gasteiger partial charge in [0.15, 0.2) is 0 Å². The summed E-state index contributed by atoms with van der Waals surface area (Å²) >= 11 is 0. The fourth-order valence-corrected chi connectivity index (χ4v) is 4.32. The molecular formula is C24H38O3. The van der Waals surface area contributed by atoms with Gasteiger partial charge in [0.1, 0.15) is 11.9 Å². The van der Waals surface area contributed by atoms with Crippen LogP contribution in [0.25, 0.3) is 0 Å². The number of hydrogen-bond donors (Lipinski definition) is 0. The summed E-state index contributed by atoms with van der Waals surface area (Å²) < 4.78 is 11.9. The Bertz CT molecular complexity index is 645. The van der Waals surface area contributed by atoms with Crippen LogP contribution in [0.4, 0.5) is 0 Å². The molecule has 27 heavy (non-hydrogen) atoms. The van der Waals surface area contributed by atoms with Crippen molar-refractivity contribution in [1.82, 2.24) is 0 Å². The van der Waals surface area contributed by atoms with Crippen LogP contribution in [0, 0.1) is 30.6 Å². The molecule has 0 aliphatic heterocycles. The van der Waals surface area contributed by atoms with E-state index in [1.807, 2.05) is 13.8 Å². The molecule has 152 valence electrons. The van der Waals surface area contributed by atoms with Gasteiger partial charge in [-0.05, 0) is 88.3 Å². The molecule has 3 nitrogen and oxygen atoms in total. The zero-order chi connectivity index (χ0) is 20.2. The highest BCUT2D eigenvalue weighted by molar-refractivity contribution is 5.76. The van der Waals surface area contributed by atoms with Gasteiger partial charge in [-0.2, -0.15) is 0 Å². The summed E-state index contributed by atoms with van der Waals surface area (Å²) in [5, 5.41) is 0. The van der Waals surface area contributed by atoms with Crippen LogP contribution in [-0.2, 0) is 9.53 Å². The van der Waals surface area contributed by atoms with Crippen molar-refractivity contribution >= 4 is 5.97 Å². The zero-order valence-corrected chi connectivity index (χ0v) is 18.4. The molecule has 1 aromatic rings. The van der Waals surface area contributed by atoms with Crippen LogP contribution in [0.5, 0.6) is 5.75 Å². The van der Waals surface area contributed by atoms with Gasteiger partial charge in [-0.25, -0.2) is 0 Å². The van der Waals surface area contributed by atoms with Crippen LogP contribution in [0.1, 0.15) is 77.8 Å². The average Bonchev–Trinajstić information content (AvgIpc) is 2.52. The van der Waals surface area contributed by atoms with Crippen molar-refractivity contribution in [3.63, 3.8) is 0 Å². The van der Waals surface area contributed by atoms with E-state index < -0.39 is 5.41 Å². The maximum absolute atomic E-state index is 12.8. The van der Waals surface area contributed by atoms with Gasteiger partial charge >= 0.3 is 5.97 Å². The lowest BCUT2D eigenvalue weighted by Gasteiger charge is -2.39. The van der Waals surface area contributed by atoms with Gasteiger partial charge < -0.3 is 9.47 Å². The first-order chi connectivity index (χ1) is 12.5. The van der Waals surface area contributed by atoms with Crippen molar-refractivity contribution in [3.8, 4) is 5.75 Å². The van der Waals surface area contributed by atoms with Crippen LogP contribution in [0.2, 0.25) is 0 Å². The van der Waals surface area contributed by atoms with E-state index in [4.69, 9.17) is 9.47 Å². The number of carbonyl (C=O) groups excluding carboxylic acids is 1. The molecule has 0 spiro atoms. The fourth-order valence-electron chi connectivity index (χ4n) is 4.32. The first kappa shape index (κ1) is 21.8. The lowest BCUT2D eigenvalue weighted by Crippen LogP contribution is -2.37. The molecular weight excluding hydrogens is 336 g/mol. The second-order valence-electron chi connectivity index (χ2n) is 10.0. The average molecular weight is 375 g/mol. The Balaban J connectivity index is 1.81. The molecule has 2 rings (SSSR count). The number of ether oxygens (including phenoxy) is 2. The molecule has 1 aliphatic rings. The first-order valence-corrected chi connectivity index (χ1v) is 10.4. The molecule has 3 heteroatoms. The predicted octanol–water partition coefficient (Wildman–Crippen LogP) is 6.25. The molecule has 1 aromatic carbocycles. The summed E-state index contributed by atoms with van der Waals surface area (Å²) in [7, 11) is 0. The Morgan fingerprint density at radius 2 is 1.93 bits per heavy atom. The van der Waals surface area contributed by atoms with Crippen molar-refractivity contribution in [2.45, 2.75) is 86.7 Å². The van der Waals surface area contributed by atoms with Gasteiger partial charge in [0.25, 0.3) is 0 Å². The van der Waals surface area contributed by atoms with Gasteiger partial charge in [-0.3, -0.25) is 4.79 Å². The number of benzene rings is 1. The molecule has 0 heterocycles. The van der Waals surface area contributed by atoms with Crippen LogP contribution in [0.3, 0.4) is 0 Å². The molecule has 0 saturated heterocycles. The third kappa shape index (κ3) is 6.55. The maximum atomic E-state index is 12.8. The van der Waals surface area contributed by atoms with Crippen LogP contribution >= 0.6 is 0 Å². The molecule has 0 bridgehead atoms. The number of aryl methyl sites for hydroxylation is 2. The second-order valence-corrected chi connectivity index (χ2v) is 10.0. The molecule has 1 aliphatic carbocycles. The first-order valence-electron chi connectivity index (χ1n) is 10.4. The normalized spacial score (nSPS) is 22.3. The van der Waals surface area contributed by atoms with Crippen LogP contribution in [0.15, 0.2) is 18.2 Å². The topological polar surface area (TPSA) is 35.5 Å². The Morgan fingerprint density at radius 1 is 1.22 bits per heavy atom. The van der Waals surface area contributed by atoms with E-state index >= 15 is 0 Å². The highest BCUT2D eigenvalue weighted by Crippen LogP contribution is 2.40. The van der Waals surface area contributed by atoms with E-state index in [1.165, 1.54) is 12.0 Å². The molecule has 1 saturated carbocycles. The van der Waals surface area contributed by atoms with Crippen molar-refractivity contribution in [1.29, 1.82) is 0 Å². The summed E-state index contributed by atoms with van der Waals surface area (Å²) in [4.78, 5) is 12.8. The molecule has 1 fully saturated rings. The van der Waals surface area contributed by atoms with E-state index in [1.54, 1.807) is 0 Å². The lowest BCUT2D eigenvalue weighted by atomic mass is 9.71. The van der Waals surface area contributed by atoms with Crippen molar-refractivity contribution in [2.75, 3.05) is 6.61 Å². The summed E-state index contributed by atoms with van der Waals surface area (Å²) in [6.45, 7) is 15.5. The van der Waals surface area contributed by atoms with Crippen LogP contribution in [-0.4, -0.2) is 18.7 Å². The minimum absolute atomic E-state index is 0.0571. The number of carbonyl (C=O) groups is 1. The zero-order valence-electron chi connectivity index (χ0n) is 18.4. The number of hydrogen-bond acceptors (Lipinski definition) is 3. The fraction of sp³-hybridized carbons (Fsp3) is 0.708. The maximum Gasteiger partial charge on any atom is 0.311 e. The number of rotatable bonds is 7. The van der Waals surface area contributed by atoms with Crippen molar-refractivity contribution < 1.29 is 14.3 Å². The molecule has 0 aromatic heterocycles. The van der Waals surface area contributed by atoms with Gasteiger partial charge in [0.2, 0.25) is 0 Å². The molecule has 0 unspecified atom stereocenters. The standard InChI is InChI=1S/C24H38O3/c1-17-9-10-19(3)21(14-17)26-12-8-11-24(6,7)22(25)27-20-13-18(2)15-23(4,5)16-20/h9-10,14,18,20H,8,11-13,15-16H2,1-7H3/t18-,20-/m0/s1. The van der Waals surface area contributed by atoms with E-state index in [9.17, 15) is 4.79 Å². The summed E-state index contributed by atoms with van der Waals surface area (Å²) in [6.07, 6.45) is 4.82. The van der Waals surface area contributed by atoms with Gasteiger partial charge in [-0.1, -0.05) is 32.9 Å². The Labute approximate surface area is 165 Å². The Morgan fingerprint density at radius 3 is 2.59 bits per heavy atom. The largest absolute Gasteiger partial charge is 0.493 e.